The standard InChI is InChI=1S/C12H14O4.C6H6O/c1-2-10(8-11(13)14)16-12(15)9-6-4-3-5-7-9;7-6-4-2-1-3-5-6/h3-7,10H,2,8H2,1H3,(H,13,14);1-5,7H. The van der Waals surface area contributed by atoms with E-state index in [1.54, 1.807) is 61.5 Å². The summed E-state index contributed by atoms with van der Waals surface area (Å²) in [6.45, 7) is 1.78. The Morgan fingerprint density at radius 1 is 1.00 bits per heavy atom. The van der Waals surface area contributed by atoms with Gasteiger partial charge in [-0.3, -0.25) is 4.79 Å². The summed E-state index contributed by atoms with van der Waals surface area (Å²) in [5.74, 6) is -1.12. The van der Waals surface area contributed by atoms with Crippen molar-refractivity contribution < 1.29 is 24.5 Å². The van der Waals surface area contributed by atoms with E-state index in [0.29, 0.717) is 17.7 Å². The largest absolute Gasteiger partial charge is 0.508 e. The van der Waals surface area contributed by atoms with Gasteiger partial charge in [-0.2, -0.15) is 0 Å². The molecule has 5 nitrogen and oxygen atoms in total. The average molecular weight is 316 g/mol. The molecule has 23 heavy (non-hydrogen) atoms. The van der Waals surface area contributed by atoms with E-state index in [4.69, 9.17) is 14.9 Å². The Labute approximate surface area is 135 Å². The molecule has 0 saturated heterocycles. The van der Waals surface area contributed by atoms with Gasteiger partial charge in [-0.15, -0.1) is 0 Å². The molecule has 0 aliphatic rings. The maximum Gasteiger partial charge on any atom is 0.338 e. The van der Waals surface area contributed by atoms with Crippen molar-refractivity contribution in [1.82, 2.24) is 0 Å². The summed E-state index contributed by atoms with van der Waals surface area (Å²) in [7, 11) is 0. The molecule has 5 heteroatoms. The van der Waals surface area contributed by atoms with Crippen molar-refractivity contribution in [3.8, 4) is 5.75 Å². The molecule has 2 aromatic rings. The fourth-order valence-corrected chi connectivity index (χ4v) is 1.69. The molecule has 0 amide bonds. The Morgan fingerprint density at radius 2 is 1.52 bits per heavy atom. The van der Waals surface area contributed by atoms with Gasteiger partial charge in [-0.05, 0) is 30.7 Å². The zero-order chi connectivity index (χ0) is 17.1. The van der Waals surface area contributed by atoms with Crippen molar-refractivity contribution in [3.63, 3.8) is 0 Å². The Balaban J connectivity index is 0.000000313. The molecule has 0 saturated carbocycles. The van der Waals surface area contributed by atoms with E-state index in [1.165, 1.54) is 0 Å². The summed E-state index contributed by atoms with van der Waals surface area (Å²) in [6, 6.07) is 17.2. The van der Waals surface area contributed by atoms with Crippen LogP contribution in [0.15, 0.2) is 60.7 Å². The molecule has 2 aromatic carbocycles. The summed E-state index contributed by atoms with van der Waals surface area (Å²) < 4.78 is 5.08. The number of ether oxygens (including phenoxy) is 1. The number of benzene rings is 2. The minimum absolute atomic E-state index is 0.158. The molecule has 0 spiro atoms. The van der Waals surface area contributed by atoms with Crippen molar-refractivity contribution in [1.29, 1.82) is 0 Å². The molecule has 0 fully saturated rings. The third-order valence-corrected chi connectivity index (χ3v) is 2.90. The number of carbonyl (C=O) groups is 2. The highest BCUT2D eigenvalue weighted by Gasteiger charge is 2.16. The van der Waals surface area contributed by atoms with E-state index in [0.717, 1.165) is 0 Å². The van der Waals surface area contributed by atoms with Crippen molar-refractivity contribution in [2.45, 2.75) is 25.9 Å². The predicted molar refractivity (Wildman–Crippen MR) is 86.3 cm³/mol. The fourth-order valence-electron chi connectivity index (χ4n) is 1.69. The summed E-state index contributed by atoms with van der Waals surface area (Å²) in [6.07, 6.45) is -0.231. The van der Waals surface area contributed by atoms with Crippen LogP contribution in [-0.2, 0) is 9.53 Å². The number of para-hydroxylation sites is 1. The van der Waals surface area contributed by atoms with Crippen LogP contribution in [0.5, 0.6) is 5.75 Å². The highest BCUT2D eigenvalue weighted by molar-refractivity contribution is 5.89. The van der Waals surface area contributed by atoms with E-state index in [-0.39, 0.29) is 6.42 Å². The minimum Gasteiger partial charge on any atom is -0.508 e. The van der Waals surface area contributed by atoms with Crippen molar-refractivity contribution in [2.75, 3.05) is 0 Å². The lowest BCUT2D eigenvalue weighted by Crippen LogP contribution is -2.20. The van der Waals surface area contributed by atoms with Gasteiger partial charge in [0.05, 0.1) is 12.0 Å². The molecule has 0 aliphatic carbocycles. The Morgan fingerprint density at radius 3 is 1.91 bits per heavy atom. The fraction of sp³-hybridized carbons (Fsp3) is 0.222. The van der Waals surface area contributed by atoms with Gasteiger partial charge in [0.25, 0.3) is 0 Å². The number of phenolic OH excluding ortho intramolecular Hbond substituents is 1. The van der Waals surface area contributed by atoms with Crippen LogP contribution in [0, 0.1) is 0 Å². The topological polar surface area (TPSA) is 83.8 Å². The lowest BCUT2D eigenvalue weighted by molar-refractivity contribution is -0.139. The molecule has 0 heterocycles. The maximum atomic E-state index is 11.6. The predicted octanol–water partition coefficient (Wildman–Crippen LogP) is 3.49. The number of phenols is 1. The molecule has 0 aromatic heterocycles. The number of carboxylic acid groups (broad SMARTS) is 1. The molecule has 2 N–H and O–H groups in total. The Kier molecular flexibility index (Phi) is 7.92. The second kappa shape index (κ2) is 10.00. The summed E-state index contributed by atoms with van der Waals surface area (Å²) >= 11 is 0. The summed E-state index contributed by atoms with van der Waals surface area (Å²) in [5.41, 5.74) is 0.436. The van der Waals surface area contributed by atoms with Crippen molar-refractivity contribution in [2.24, 2.45) is 0 Å². The third-order valence-electron chi connectivity index (χ3n) is 2.90. The van der Waals surface area contributed by atoms with E-state index < -0.39 is 18.0 Å². The lowest BCUT2D eigenvalue weighted by atomic mass is 10.2. The second-order valence-corrected chi connectivity index (χ2v) is 4.74. The number of aliphatic carboxylic acids is 1. The highest BCUT2D eigenvalue weighted by atomic mass is 16.5. The van der Waals surface area contributed by atoms with Crippen LogP contribution in [0.1, 0.15) is 30.1 Å². The minimum atomic E-state index is -0.965. The number of carboxylic acids is 1. The van der Waals surface area contributed by atoms with Gasteiger partial charge in [-0.25, -0.2) is 4.79 Å². The van der Waals surface area contributed by atoms with Crippen LogP contribution in [0.3, 0.4) is 0 Å². The molecule has 122 valence electrons. The molecule has 1 atom stereocenters. The van der Waals surface area contributed by atoms with Gasteiger partial charge in [0.15, 0.2) is 0 Å². The number of hydrogen-bond donors (Lipinski definition) is 2. The van der Waals surface area contributed by atoms with Gasteiger partial charge in [0, 0.05) is 0 Å². The summed E-state index contributed by atoms with van der Waals surface area (Å²) in [5, 5.41) is 17.2. The van der Waals surface area contributed by atoms with Gasteiger partial charge < -0.3 is 14.9 Å². The smallest absolute Gasteiger partial charge is 0.338 e. The van der Waals surface area contributed by atoms with Crippen LogP contribution in [0.2, 0.25) is 0 Å². The second-order valence-electron chi connectivity index (χ2n) is 4.74. The summed E-state index contributed by atoms with van der Waals surface area (Å²) in [4.78, 5) is 22.1. The Bertz CT molecular complexity index is 595. The van der Waals surface area contributed by atoms with Gasteiger partial charge >= 0.3 is 11.9 Å². The van der Waals surface area contributed by atoms with Crippen LogP contribution in [0.25, 0.3) is 0 Å². The number of esters is 1. The van der Waals surface area contributed by atoms with Crippen LogP contribution >= 0.6 is 0 Å². The first-order valence-corrected chi connectivity index (χ1v) is 7.24. The molecular weight excluding hydrogens is 296 g/mol. The zero-order valence-electron chi connectivity index (χ0n) is 12.9. The first-order chi connectivity index (χ1) is 11.0. The van der Waals surface area contributed by atoms with E-state index >= 15 is 0 Å². The zero-order valence-corrected chi connectivity index (χ0v) is 12.9. The van der Waals surface area contributed by atoms with Crippen molar-refractivity contribution >= 4 is 11.9 Å². The average Bonchev–Trinajstić information content (AvgIpc) is 2.56. The number of hydrogen-bond acceptors (Lipinski definition) is 4. The first kappa shape index (κ1) is 18.2. The molecular formula is C18H20O5. The molecule has 0 radical (unpaired) electrons. The van der Waals surface area contributed by atoms with Gasteiger partial charge in [-0.1, -0.05) is 43.3 Å². The molecule has 0 aliphatic heterocycles. The normalized spacial score (nSPS) is 10.8. The van der Waals surface area contributed by atoms with E-state index in [1.807, 2.05) is 6.07 Å². The quantitative estimate of drug-likeness (QED) is 0.825. The lowest BCUT2D eigenvalue weighted by Gasteiger charge is -2.13. The van der Waals surface area contributed by atoms with Crippen molar-refractivity contribution in [3.05, 3.63) is 66.2 Å². The monoisotopic (exact) mass is 316 g/mol. The molecule has 2 rings (SSSR count). The van der Waals surface area contributed by atoms with E-state index in [2.05, 4.69) is 0 Å². The maximum absolute atomic E-state index is 11.6. The van der Waals surface area contributed by atoms with Gasteiger partial charge in [0.2, 0.25) is 0 Å². The number of carbonyl (C=O) groups excluding carboxylic acids is 1. The highest BCUT2D eigenvalue weighted by Crippen LogP contribution is 2.09. The van der Waals surface area contributed by atoms with Gasteiger partial charge in [0.1, 0.15) is 11.9 Å². The number of aromatic hydroxyl groups is 1. The van der Waals surface area contributed by atoms with Crippen LogP contribution < -0.4 is 0 Å². The number of rotatable bonds is 5. The third kappa shape index (κ3) is 7.66. The first-order valence-electron chi connectivity index (χ1n) is 7.24. The van der Waals surface area contributed by atoms with Crippen LogP contribution in [-0.4, -0.2) is 28.3 Å². The van der Waals surface area contributed by atoms with Crippen LogP contribution in [0.4, 0.5) is 0 Å². The molecule has 0 bridgehead atoms. The SMILES string of the molecule is CCC(CC(=O)O)OC(=O)c1ccccc1.Oc1ccccc1. The molecule has 1 unspecified atom stereocenters. The van der Waals surface area contributed by atoms with E-state index in [9.17, 15) is 9.59 Å². The Hall–Kier alpha value is -2.82.